The van der Waals surface area contributed by atoms with E-state index in [9.17, 15) is 9.59 Å². The summed E-state index contributed by atoms with van der Waals surface area (Å²) in [5.74, 6) is -0.275. The summed E-state index contributed by atoms with van der Waals surface area (Å²) in [6, 6.07) is 5.38. The molecule has 2 aromatic rings. The summed E-state index contributed by atoms with van der Waals surface area (Å²) in [5.41, 5.74) is 1.72. The Bertz CT molecular complexity index is 804. The van der Waals surface area contributed by atoms with Crippen LogP contribution in [-0.4, -0.2) is 69.7 Å². The third-order valence-corrected chi connectivity index (χ3v) is 4.62. The van der Waals surface area contributed by atoms with Gasteiger partial charge < -0.3 is 14.5 Å². The van der Waals surface area contributed by atoms with Crippen molar-refractivity contribution in [1.29, 1.82) is 0 Å². The molecule has 130 valence electrons. The van der Waals surface area contributed by atoms with Gasteiger partial charge in [0.15, 0.2) is 5.69 Å². The number of likely N-dealkylation sites (N-methyl/N-ethyl adjacent to an activating group) is 1. The zero-order chi connectivity index (χ0) is 17.4. The van der Waals surface area contributed by atoms with Crippen LogP contribution in [0.5, 0.6) is 0 Å². The van der Waals surface area contributed by atoms with Gasteiger partial charge in [0.05, 0.1) is 19.7 Å². The Morgan fingerprint density at radius 2 is 2.20 bits per heavy atom. The molecule has 8 heteroatoms. The zero-order valence-electron chi connectivity index (χ0n) is 14.0. The van der Waals surface area contributed by atoms with Crippen LogP contribution in [0.4, 0.5) is 0 Å². The summed E-state index contributed by atoms with van der Waals surface area (Å²) in [6.45, 7) is 2.61. The number of nitrogens with zero attached hydrogens (tertiary/aromatic N) is 5. The van der Waals surface area contributed by atoms with E-state index in [4.69, 9.17) is 4.74 Å². The lowest BCUT2D eigenvalue weighted by molar-refractivity contribution is -0.0231. The van der Waals surface area contributed by atoms with Crippen molar-refractivity contribution in [2.45, 2.75) is 12.6 Å². The molecule has 2 aliphatic rings. The van der Waals surface area contributed by atoms with Gasteiger partial charge in [-0.15, -0.1) is 0 Å². The zero-order valence-corrected chi connectivity index (χ0v) is 14.0. The maximum absolute atomic E-state index is 12.8. The first-order chi connectivity index (χ1) is 12.1. The maximum Gasteiger partial charge on any atom is 0.274 e. The highest BCUT2D eigenvalue weighted by Crippen LogP contribution is 2.23. The van der Waals surface area contributed by atoms with Crippen LogP contribution in [0.1, 0.15) is 32.6 Å². The van der Waals surface area contributed by atoms with Crippen molar-refractivity contribution in [2.24, 2.45) is 0 Å². The fourth-order valence-electron chi connectivity index (χ4n) is 3.17. The minimum absolute atomic E-state index is 0.104. The van der Waals surface area contributed by atoms with Gasteiger partial charge in [-0.3, -0.25) is 19.3 Å². The summed E-state index contributed by atoms with van der Waals surface area (Å²) in [4.78, 5) is 32.5. The van der Waals surface area contributed by atoms with Crippen molar-refractivity contribution in [3.8, 4) is 0 Å². The average molecular weight is 341 g/mol. The van der Waals surface area contributed by atoms with E-state index < -0.39 is 0 Å². The molecule has 8 nitrogen and oxygen atoms in total. The number of rotatable bonds is 2. The molecule has 1 unspecified atom stereocenters. The van der Waals surface area contributed by atoms with Crippen molar-refractivity contribution in [3.63, 3.8) is 0 Å². The van der Waals surface area contributed by atoms with Gasteiger partial charge in [-0.1, -0.05) is 6.07 Å². The number of amides is 2. The van der Waals surface area contributed by atoms with E-state index in [-0.39, 0.29) is 17.9 Å². The molecule has 0 aliphatic carbocycles. The second kappa shape index (κ2) is 6.29. The predicted molar refractivity (Wildman–Crippen MR) is 88.0 cm³/mol. The lowest BCUT2D eigenvalue weighted by Gasteiger charge is -2.32. The Labute approximate surface area is 145 Å². The quantitative estimate of drug-likeness (QED) is 0.798. The van der Waals surface area contributed by atoms with Gasteiger partial charge in [0.2, 0.25) is 0 Å². The molecule has 0 radical (unpaired) electrons. The van der Waals surface area contributed by atoms with Gasteiger partial charge >= 0.3 is 0 Å². The van der Waals surface area contributed by atoms with Gasteiger partial charge in [-0.05, 0) is 6.07 Å². The van der Waals surface area contributed by atoms with E-state index in [1.807, 2.05) is 12.1 Å². The Morgan fingerprint density at radius 1 is 1.32 bits per heavy atom. The molecule has 25 heavy (non-hydrogen) atoms. The highest BCUT2D eigenvalue weighted by atomic mass is 16.5. The average Bonchev–Trinajstić information content (AvgIpc) is 3.10. The Morgan fingerprint density at radius 3 is 3.00 bits per heavy atom. The van der Waals surface area contributed by atoms with E-state index in [0.717, 1.165) is 5.56 Å². The Balaban J connectivity index is 1.53. The minimum atomic E-state index is -0.198. The first-order valence-corrected chi connectivity index (χ1v) is 8.27. The molecule has 0 spiro atoms. The molecule has 2 amide bonds. The molecule has 4 rings (SSSR count). The number of aromatic nitrogens is 3. The van der Waals surface area contributed by atoms with Crippen molar-refractivity contribution in [3.05, 3.63) is 47.5 Å². The summed E-state index contributed by atoms with van der Waals surface area (Å²) in [7, 11) is 1.75. The summed E-state index contributed by atoms with van der Waals surface area (Å²) in [5, 5.41) is 4.33. The second-order valence-corrected chi connectivity index (χ2v) is 6.26. The molecule has 0 aromatic carbocycles. The summed E-state index contributed by atoms with van der Waals surface area (Å²) >= 11 is 0. The highest BCUT2D eigenvalue weighted by Gasteiger charge is 2.30. The van der Waals surface area contributed by atoms with Crippen molar-refractivity contribution in [1.82, 2.24) is 24.6 Å². The Kier molecular flexibility index (Phi) is 3.96. The van der Waals surface area contributed by atoms with Gasteiger partial charge in [0.25, 0.3) is 11.8 Å². The third-order valence-electron chi connectivity index (χ3n) is 4.62. The lowest BCUT2D eigenvalue weighted by Crippen LogP contribution is -2.42. The van der Waals surface area contributed by atoms with Crippen LogP contribution in [0.3, 0.4) is 0 Å². The number of ether oxygens (including phenoxy) is 1. The third kappa shape index (κ3) is 2.89. The molecule has 2 aliphatic heterocycles. The van der Waals surface area contributed by atoms with Crippen LogP contribution in [0, 0.1) is 0 Å². The molecular weight excluding hydrogens is 322 g/mol. The number of fused-ring (bicyclic) bond motifs is 1. The smallest absolute Gasteiger partial charge is 0.274 e. The molecule has 4 heterocycles. The molecule has 0 bridgehead atoms. The molecule has 0 saturated carbocycles. The van der Waals surface area contributed by atoms with Crippen LogP contribution in [-0.2, 0) is 11.3 Å². The first kappa shape index (κ1) is 15.8. The van der Waals surface area contributed by atoms with Crippen LogP contribution < -0.4 is 0 Å². The maximum atomic E-state index is 12.8. The highest BCUT2D eigenvalue weighted by molar-refractivity contribution is 5.98. The fourth-order valence-corrected chi connectivity index (χ4v) is 3.17. The molecule has 1 atom stereocenters. The van der Waals surface area contributed by atoms with Gasteiger partial charge in [0.1, 0.15) is 11.8 Å². The van der Waals surface area contributed by atoms with Gasteiger partial charge in [-0.2, -0.15) is 5.10 Å². The van der Waals surface area contributed by atoms with Gasteiger partial charge in [-0.25, -0.2) is 0 Å². The number of morpholine rings is 1. The van der Waals surface area contributed by atoms with Crippen LogP contribution in [0.25, 0.3) is 0 Å². The predicted octanol–water partition coefficient (Wildman–Crippen LogP) is 0.577. The van der Waals surface area contributed by atoms with Crippen LogP contribution >= 0.6 is 0 Å². The topological polar surface area (TPSA) is 80.6 Å². The van der Waals surface area contributed by atoms with E-state index in [1.54, 1.807) is 40.0 Å². The molecule has 0 N–H and O–H groups in total. The molecular formula is C17H19N5O3. The van der Waals surface area contributed by atoms with Crippen LogP contribution in [0.2, 0.25) is 0 Å². The molecule has 1 saturated heterocycles. The van der Waals surface area contributed by atoms with Crippen molar-refractivity contribution >= 4 is 11.8 Å². The monoisotopic (exact) mass is 341 g/mol. The number of carbonyl (C=O) groups is 2. The standard InChI is InChI=1S/C17H19N5O3/c1-20-5-6-22-14(17(20)24)9-13(19-22)16(23)21-7-8-25-15(11-21)12-3-2-4-18-10-12/h2-4,9-10,15H,5-8,11H2,1H3. The largest absolute Gasteiger partial charge is 0.370 e. The second-order valence-electron chi connectivity index (χ2n) is 6.26. The minimum Gasteiger partial charge on any atom is -0.370 e. The first-order valence-electron chi connectivity index (χ1n) is 8.27. The number of carbonyl (C=O) groups excluding carboxylic acids is 2. The summed E-state index contributed by atoms with van der Waals surface area (Å²) < 4.78 is 7.39. The number of pyridine rings is 1. The molecule has 1 fully saturated rings. The van der Waals surface area contributed by atoms with E-state index in [0.29, 0.717) is 44.2 Å². The van der Waals surface area contributed by atoms with E-state index in [1.165, 1.54) is 0 Å². The van der Waals surface area contributed by atoms with Crippen molar-refractivity contribution in [2.75, 3.05) is 33.3 Å². The van der Waals surface area contributed by atoms with E-state index in [2.05, 4.69) is 10.1 Å². The number of hydrogen-bond donors (Lipinski definition) is 0. The normalized spacial score (nSPS) is 20.5. The fraction of sp³-hybridized carbons (Fsp3) is 0.412. The van der Waals surface area contributed by atoms with Crippen LogP contribution in [0.15, 0.2) is 30.6 Å². The lowest BCUT2D eigenvalue weighted by atomic mass is 10.1. The number of hydrogen-bond acceptors (Lipinski definition) is 5. The van der Waals surface area contributed by atoms with Gasteiger partial charge in [0, 0.05) is 44.2 Å². The molecule has 2 aromatic heterocycles. The van der Waals surface area contributed by atoms with E-state index >= 15 is 0 Å². The SMILES string of the molecule is CN1CCn2nc(C(=O)N3CCOC(c4cccnc4)C3)cc2C1=O. The van der Waals surface area contributed by atoms with Crippen molar-refractivity contribution < 1.29 is 14.3 Å². The summed E-state index contributed by atoms with van der Waals surface area (Å²) in [6.07, 6.45) is 3.26. The Hall–Kier alpha value is -2.74.